The predicted molar refractivity (Wildman–Crippen MR) is 73.3 cm³/mol. The fourth-order valence-corrected chi connectivity index (χ4v) is 1.71. The third-order valence-electron chi connectivity index (χ3n) is 2.67. The van der Waals surface area contributed by atoms with Gasteiger partial charge < -0.3 is 0 Å². The van der Waals surface area contributed by atoms with E-state index in [9.17, 15) is 5.26 Å². The van der Waals surface area contributed by atoms with Crippen LogP contribution in [0.3, 0.4) is 0 Å². The number of allylic oxidation sites excluding steroid dienone is 4. The Kier molecular flexibility index (Phi) is 5.23. The molecule has 0 unspecified atom stereocenters. The van der Waals surface area contributed by atoms with Crippen LogP contribution in [0.15, 0.2) is 47.6 Å². The molecule has 0 spiro atoms. The lowest BCUT2D eigenvalue weighted by Gasteiger charge is -2.04. The van der Waals surface area contributed by atoms with E-state index in [1.54, 1.807) is 0 Å². The highest BCUT2D eigenvalue weighted by Crippen LogP contribution is 2.21. The molecule has 0 fully saturated rings. The summed E-state index contributed by atoms with van der Waals surface area (Å²) >= 11 is 0. The van der Waals surface area contributed by atoms with Crippen LogP contribution < -0.4 is 0 Å². The van der Waals surface area contributed by atoms with Crippen LogP contribution in [0.4, 0.5) is 0 Å². The first-order valence-electron chi connectivity index (χ1n) is 5.93. The van der Waals surface area contributed by atoms with E-state index in [0.29, 0.717) is 0 Å². The van der Waals surface area contributed by atoms with Crippen molar-refractivity contribution in [3.63, 3.8) is 0 Å². The normalized spacial score (nSPS) is 11.4. The van der Waals surface area contributed by atoms with Gasteiger partial charge in [0, 0.05) is 0 Å². The summed E-state index contributed by atoms with van der Waals surface area (Å²) in [7, 11) is 0. The summed E-state index contributed by atoms with van der Waals surface area (Å²) in [6, 6.07) is 12.2. The zero-order valence-electron chi connectivity index (χ0n) is 10.8. The Balaban J connectivity index is 2.86. The quantitative estimate of drug-likeness (QED) is 0.537. The molecule has 0 radical (unpaired) electrons. The van der Waals surface area contributed by atoms with Gasteiger partial charge in [-0.3, -0.25) is 0 Å². The number of hydrogen-bond donors (Lipinski definition) is 0. The highest BCUT2D eigenvalue weighted by atomic mass is 14.3. The molecule has 1 aromatic rings. The van der Waals surface area contributed by atoms with Gasteiger partial charge in [-0.1, -0.05) is 47.6 Å². The number of rotatable bonds is 4. The second-order valence-electron chi connectivity index (χ2n) is 4.45. The van der Waals surface area contributed by atoms with Crippen molar-refractivity contribution < 1.29 is 0 Å². The van der Waals surface area contributed by atoms with Crippen LogP contribution in [0.25, 0.3) is 5.57 Å². The van der Waals surface area contributed by atoms with Gasteiger partial charge in [0.25, 0.3) is 0 Å². The third kappa shape index (κ3) is 4.28. The summed E-state index contributed by atoms with van der Waals surface area (Å²) in [6.07, 6.45) is 4.17. The summed E-state index contributed by atoms with van der Waals surface area (Å²) < 4.78 is 0. The van der Waals surface area contributed by atoms with E-state index < -0.39 is 0 Å². The molecule has 1 rings (SSSR count). The molecular formula is C16H19N. The summed E-state index contributed by atoms with van der Waals surface area (Å²) in [6.45, 7) is 6.24. The van der Waals surface area contributed by atoms with Gasteiger partial charge in [-0.15, -0.1) is 0 Å². The Morgan fingerprint density at radius 3 is 2.35 bits per heavy atom. The number of nitrogens with zero attached hydrogens (tertiary/aromatic N) is 1. The van der Waals surface area contributed by atoms with Crippen LogP contribution >= 0.6 is 0 Å². The van der Waals surface area contributed by atoms with Crippen molar-refractivity contribution in [2.45, 2.75) is 33.6 Å². The van der Waals surface area contributed by atoms with Gasteiger partial charge in [-0.05, 0) is 39.2 Å². The molecule has 0 saturated heterocycles. The fourth-order valence-electron chi connectivity index (χ4n) is 1.71. The average molecular weight is 225 g/mol. The average Bonchev–Trinajstić information content (AvgIpc) is 2.31. The Morgan fingerprint density at radius 2 is 1.82 bits per heavy atom. The first-order valence-corrected chi connectivity index (χ1v) is 5.93. The molecule has 0 bridgehead atoms. The Labute approximate surface area is 104 Å². The molecule has 1 heteroatoms. The largest absolute Gasteiger partial charge is 0.192 e. The van der Waals surface area contributed by atoms with Crippen molar-refractivity contribution >= 4 is 5.57 Å². The Hall–Kier alpha value is -1.81. The second-order valence-corrected chi connectivity index (χ2v) is 4.45. The van der Waals surface area contributed by atoms with Gasteiger partial charge in [0.2, 0.25) is 0 Å². The van der Waals surface area contributed by atoms with Crippen molar-refractivity contribution in [1.29, 1.82) is 5.26 Å². The molecule has 1 nitrogen and oxygen atoms in total. The minimum Gasteiger partial charge on any atom is -0.192 e. The van der Waals surface area contributed by atoms with Crippen molar-refractivity contribution in [2.75, 3.05) is 0 Å². The molecule has 0 aliphatic rings. The van der Waals surface area contributed by atoms with Crippen LogP contribution in [0, 0.1) is 11.3 Å². The van der Waals surface area contributed by atoms with Crippen LogP contribution in [0.1, 0.15) is 39.2 Å². The molecule has 0 atom stereocenters. The molecule has 0 aliphatic heterocycles. The zero-order valence-corrected chi connectivity index (χ0v) is 10.8. The van der Waals surface area contributed by atoms with Crippen LogP contribution in [0.2, 0.25) is 0 Å². The van der Waals surface area contributed by atoms with Crippen molar-refractivity contribution in [2.24, 2.45) is 0 Å². The fraction of sp³-hybridized carbons (Fsp3) is 0.312. The highest BCUT2D eigenvalue weighted by molar-refractivity contribution is 5.78. The molecule has 0 aliphatic carbocycles. The summed E-state index contributed by atoms with van der Waals surface area (Å²) in [5.41, 5.74) is 4.32. The van der Waals surface area contributed by atoms with Gasteiger partial charge in [0.15, 0.2) is 0 Å². The molecule has 0 heterocycles. The lowest BCUT2D eigenvalue weighted by atomic mass is 9.98. The first kappa shape index (κ1) is 13.3. The molecule has 88 valence electrons. The van der Waals surface area contributed by atoms with Crippen LogP contribution in [-0.4, -0.2) is 0 Å². The first-order chi connectivity index (χ1) is 8.15. The maximum atomic E-state index is 9.24. The van der Waals surface area contributed by atoms with E-state index in [2.05, 4.69) is 26.0 Å². The van der Waals surface area contributed by atoms with Gasteiger partial charge in [0.1, 0.15) is 0 Å². The molecule has 17 heavy (non-hydrogen) atoms. The van der Waals surface area contributed by atoms with Gasteiger partial charge >= 0.3 is 0 Å². The van der Waals surface area contributed by atoms with E-state index in [4.69, 9.17) is 0 Å². The molecule has 0 aromatic heterocycles. The van der Waals surface area contributed by atoms with E-state index in [1.807, 2.05) is 37.3 Å². The number of hydrogen-bond acceptors (Lipinski definition) is 1. The molecular weight excluding hydrogens is 206 g/mol. The highest BCUT2D eigenvalue weighted by Gasteiger charge is 2.03. The molecule has 0 N–H and O–H groups in total. The Bertz CT molecular complexity index is 454. The monoisotopic (exact) mass is 225 g/mol. The van der Waals surface area contributed by atoms with Crippen LogP contribution in [0.5, 0.6) is 0 Å². The van der Waals surface area contributed by atoms with Crippen molar-refractivity contribution in [3.05, 3.63) is 53.1 Å². The number of nitriles is 1. The van der Waals surface area contributed by atoms with Gasteiger partial charge in [0.05, 0.1) is 11.6 Å². The minimum atomic E-state index is 0.813. The van der Waals surface area contributed by atoms with E-state index >= 15 is 0 Å². The maximum absolute atomic E-state index is 9.24. The third-order valence-corrected chi connectivity index (χ3v) is 2.67. The second kappa shape index (κ2) is 6.70. The van der Waals surface area contributed by atoms with Crippen molar-refractivity contribution in [1.82, 2.24) is 0 Å². The smallest absolute Gasteiger partial charge is 0.0997 e. The number of benzene rings is 1. The zero-order chi connectivity index (χ0) is 12.7. The Morgan fingerprint density at radius 1 is 1.18 bits per heavy atom. The van der Waals surface area contributed by atoms with E-state index in [1.165, 1.54) is 5.57 Å². The molecule has 0 saturated carbocycles. The van der Waals surface area contributed by atoms with E-state index in [-0.39, 0.29) is 0 Å². The maximum Gasteiger partial charge on any atom is 0.0997 e. The molecule has 0 amide bonds. The summed E-state index contributed by atoms with van der Waals surface area (Å²) in [4.78, 5) is 0. The van der Waals surface area contributed by atoms with Crippen molar-refractivity contribution in [3.8, 4) is 6.07 Å². The summed E-state index contributed by atoms with van der Waals surface area (Å²) in [5, 5.41) is 9.24. The predicted octanol–water partition coefficient (Wildman–Crippen LogP) is 4.73. The van der Waals surface area contributed by atoms with Gasteiger partial charge in [-0.25, -0.2) is 0 Å². The lowest BCUT2D eigenvalue weighted by molar-refractivity contribution is 0.971. The standard InChI is InChI=1S/C16H19N/c1-13(2)8-7-9-14(3)16(12-17)15-10-5-4-6-11-15/h4-6,8,10-11H,7,9H2,1-3H3. The minimum absolute atomic E-state index is 0.813. The van der Waals surface area contributed by atoms with Crippen LogP contribution in [-0.2, 0) is 0 Å². The SMILES string of the molecule is CC(C)=CCCC(C)=C(C#N)c1ccccc1. The summed E-state index contributed by atoms with van der Waals surface area (Å²) in [5.74, 6) is 0. The lowest BCUT2D eigenvalue weighted by Crippen LogP contribution is -1.87. The van der Waals surface area contributed by atoms with Gasteiger partial charge in [-0.2, -0.15) is 5.26 Å². The van der Waals surface area contributed by atoms with E-state index in [0.717, 1.165) is 29.6 Å². The molecule has 1 aromatic carbocycles. The topological polar surface area (TPSA) is 23.8 Å².